The second kappa shape index (κ2) is 7.41. The Bertz CT molecular complexity index is 1070. The molecule has 9 heteroatoms. The first-order valence-corrected chi connectivity index (χ1v) is 8.91. The summed E-state index contributed by atoms with van der Waals surface area (Å²) in [4.78, 5) is 39.7. The molecule has 0 spiro atoms. The van der Waals surface area contributed by atoms with Gasteiger partial charge in [-0.15, -0.1) is 0 Å². The Morgan fingerprint density at radius 2 is 2.07 bits per heavy atom. The van der Waals surface area contributed by atoms with Gasteiger partial charge in [0, 0.05) is 18.9 Å². The maximum absolute atomic E-state index is 13.2. The first-order valence-electron chi connectivity index (χ1n) is 8.91. The number of halogens is 2. The van der Waals surface area contributed by atoms with Crippen LogP contribution < -0.4 is 5.56 Å². The molecule has 1 fully saturated rings. The maximum Gasteiger partial charge on any atom is 0.274 e. The lowest BCUT2D eigenvalue weighted by atomic mass is 10.1. The molecule has 0 aliphatic carbocycles. The fourth-order valence-corrected chi connectivity index (χ4v) is 3.59. The molecule has 1 aliphatic rings. The van der Waals surface area contributed by atoms with Crippen molar-refractivity contribution in [2.75, 3.05) is 6.54 Å². The van der Waals surface area contributed by atoms with Gasteiger partial charge in [0.25, 0.3) is 17.9 Å². The van der Waals surface area contributed by atoms with Crippen LogP contribution in [-0.2, 0) is 6.54 Å². The molecule has 7 nitrogen and oxygen atoms in total. The van der Waals surface area contributed by atoms with Gasteiger partial charge >= 0.3 is 0 Å². The second-order valence-corrected chi connectivity index (χ2v) is 6.54. The van der Waals surface area contributed by atoms with E-state index in [1.54, 1.807) is 24.3 Å². The van der Waals surface area contributed by atoms with Gasteiger partial charge in [-0.25, -0.2) is 18.7 Å². The predicted octanol–water partition coefficient (Wildman–Crippen LogP) is 2.43. The lowest BCUT2D eigenvalue weighted by Gasteiger charge is -2.26. The van der Waals surface area contributed by atoms with Gasteiger partial charge in [-0.1, -0.05) is 12.1 Å². The van der Waals surface area contributed by atoms with Crippen LogP contribution in [0, 0.1) is 0 Å². The van der Waals surface area contributed by atoms with Crippen molar-refractivity contribution in [2.45, 2.75) is 31.9 Å². The van der Waals surface area contributed by atoms with Crippen LogP contribution in [0.1, 0.15) is 35.2 Å². The number of nitrogens with zero attached hydrogens (tertiary/aromatic N) is 5. The average Bonchev–Trinajstić information content (AvgIpc) is 3.19. The minimum absolute atomic E-state index is 0.165. The maximum atomic E-state index is 13.2. The van der Waals surface area contributed by atoms with E-state index in [-0.39, 0.29) is 22.8 Å². The lowest BCUT2D eigenvalue weighted by Crippen LogP contribution is -2.36. The average molecular weight is 385 g/mol. The Labute approximate surface area is 158 Å². The number of alkyl halides is 2. The smallest absolute Gasteiger partial charge is 0.274 e. The number of carbonyl (C=O) groups is 1. The van der Waals surface area contributed by atoms with Crippen molar-refractivity contribution in [1.82, 2.24) is 24.4 Å². The van der Waals surface area contributed by atoms with E-state index in [2.05, 4.69) is 15.0 Å². The van der Waals surface area contributed by atoms with Crippen LogP contribution in [0.4, 0.5) is 8.78 Å². The van der Waals surface area contributed by atoms with Crippen LogP contribution in [0.15, 0.2) is 47.7 Å². The Morgan fingerprint density at radius 3 is 2.82 bits per heavy atom. The van der Waals surface area contributed by atoms with Crippen LogP contribution in [0.3, 0.4) is 0 Å². The number of fused-ring (bicyclic) bond motifs is 1. The molecule has 0 bridgehead atoms. The largest absolute Gasteiger partial charge is 0.327 e. The normalized spacial score (nSPS) is 16.8. The summed E-state index contributed by atoms with van der Waals surface area (Å²) in [5.74, 6) is -0.180. The summed E-state index contributed by atoms with van der Waals surface area (Å²) in [7, 11) is 0. The molecular formula is C19H17F2N5O2. The summed E-state index contributed by atoms with van der Waals surface area (Å²) in [5.41, 5.74) is 0.0597. The molecule has 3 aromatic rings. The third kappa shape index (κ3) is 3.23. The Hall–Kier alpha value is -3.23. The zero-order valence-electron chi connectivity index (χ0n) is 14.8. The van der Waals surface area contributed by atoms with Crippen molar-refractivity contribution in [3.63, 3.8) is 0 Å². The molecule has 3 heterocycles. The predicted molar refractivity (Wildman–Crippen MR) is 97.1 cm³/mol. The van der Waals surface area contributed by atoms with E-state index in [4.69, 9.17) is 0 Å². The molecule has 144 valence electrons. The number of para-hydroxylation sites is 1. The van der Waals surface area contributed by atoms with Gasteiger partial charge in [0.2, 0.25) is 0 Å². The molecule has 28 heavy (non-hydrogen) atoms. The van der Waals surface area contributed by atoms with E-state index in [0.717, 1.165) is 4.57 Å². The summed E-state index contributed by atoms with van der Waals surface area (Å²) in [5, 5.41) is 0.275. The van der Waals surface area contributed by atoms with Gasteiger partial charge in [0.1, 0.15) is 11.5 Å². The zero-order valence-corrected chi connectivity index (χ0v) is 14.8. The number of rotatable bonds is 4. The number of carbonyl (C=O) groups excluding carboxylic acids is 1. The molecule has 1 aromatic carbocycles. The minimum atomic E-state index is -2.72. The van der Waals surface area contributed by atoms with Crippen molar-refractivity contribution >= 4 is 16.8 Å². The van der Waals surface area contributed by atoms with Crippen LogP contribution in [0.25, 0.3) is 10.9 Å². The van der Waals surface area contributed by atoms with Crippen molar-refractivity contribution in [2.24, 2.45) is 0 Å². The molecule has 0 radical (unpaired) electrons. The summed E-state index contributed by atoms with van der Waals surface area (Å²) in [6, 6.07) is 6.04. The number of likely N-dealkylation sites (tertiary alicyclic amines) is 1. The number of aromatic nitrogens is 4. The molecule has 2 aromatic heterocycles. The monoisotopic (exact) mass is 385 g/mol. The Morgan fingerprint density at radius 1 is 1.25 bits per heavy atom. The van der Waals surface area contributed by atoms with Gasteiger partial charge < -0.3 is 4.90 Å². The molecule has 0 N–H and O–H groups in total. The van der Waals surface area contributed by atoms with Gasteiger partial charge in [0.15, 0.2) is 0 Å². The Balaban J connectivity index is 1.82. The first-order chi connectivity index (χ1) is 13.6. The highest BCUT2D eigenvalue weighted by molar-refractivity contribution is 5.92. The molecule has 1 amide bonds. The topological polar surface area (TPSA) is 81.0 Å². The molecule has 1 saturated heterocycles. The quantitative estimate of drug-likeness (QED) is 0.689. The van der Waals surface area contributed by atoms with Gasteiger partial charge in [-0.05, 0) is 25.0 Å². The summed E-state index contributed by atoms with van der Waals surface area (Å²) >= 11 is 0. The summed E-state index contributed by atoms with van der Waals surface area (Å²) < 4.78 is 27.4. The fourth-order valence-electron chi connectivity index (χ4n) is 3.59. The van der Waals surface area contributed by atoms with Gasteiger partial charge in [0.05, 0.1) is 29.7 Å². The first kappa shape index (κ1) is 18.1. The van der Waals surface area contributed by atoms with Crippen molar-refractivity contribution < 1.29 is 13.6 Å². The molecule has 0 saturated carbocycles. The highest BCUT2D eigenvalue weighted by Gasteiger charge is 2.35. The molecule has 1 atom stereocenters. The number of hydrogen-bond acceptors (Lipinski definition) is 5. The highest BCUT2D eigenvalue weighted by Crippen LogP contribution is 2.32. The van der Waals surface area contributed by atoms with Crippen LogP contribution in [0.5, 0.6) is 0 Å². The fraction of sp³-hybridized carbons (Fsp3) is 0.316. The highest BCUT2D eigenvalue weighted by atomic mass is 19.3. The second-order valence-electron chi connectivity index (χ2n) is 6.54. The van der Waals surface area contributed by atoms with E-state index in [1.807, 2.05) is 0 Å². The zero-order chi connectivity index (χ0) is 19.7. The number of hydrogen-bond donors (Lipinski definition) is 0. The van der Waals surface area contributed by atoms with E-state index in [1.165, 1.54) is 23.5 Å². The molecule has 1 unspecified atom stereocenters. The SMILES string of the molecule is O=C(c1cnccn1)N1CCCC1c1nc2ccccc2c(=O)n1CC(F)F. The Kier molecular flexibility index (Phi) is 4.81. The summed E-state index contributed by atoms with van der Waals surface area (Å²) in [6.07, 6.45) is 2.72. The van der Waals surface area contributed by atoms with Crippen LogP contribution >= 0.6 is 0 Å². The van der Waals surface area contributed by atoms with E-state index in [9.17, 15) is 18.4 Å². The molecular weight excluding hydrogens is 368 g/mol. The molecule has 1 aliphatic heterocycles. The van der Waals surface area contributed by atoms with E-state index >= 15 is 0 Å². The number of amides is 1. The van der Waals surface area contributed by atoms with Crippen molar-refractivity contribution in [3.05, 3.63) is 64.7 Å². The van der Waals surface area contributed by atoms with Gasteiger partial charge in [-0.3, -0.25) is 19.1 Å². The molecule has 4 rings (SSSR count). The third-order valence-corrected chi connectivity index (χ3v) is 4.81. The van der Waals surface area contributed by atoms with Crippen LogP contribution in [0.2, 0.25) is 0 Å². The number of benzene rings is 1. The van der Waals surface area contributed by atoms with Gasteiger partial charge in [-0.2, -0.15) is 0 Å². The minimum Gasteiger partial charge on any atom is -0.327 e. The van der Waals surface area contributed by atoms with Crippen molar-refractivity contribution in [1.29, 1.82) is 0 Å². The van der Waals surface area contributed by atoms with E-state index < -0.39 is 24.6 Å². The van der Waals surface area contributed by atoms with Crippen LogP contribution in [-0.4, -0.2) is 43.3 Å². The van der Waals surface area contributed by atoms with Crippen molar-refractivity contribution in [3.8, 4) is 0 Å². The summed E-state index contributed by atoms with van der Waals surface area (Å²) in [6.45, 7) is -0.340. The lowest BCUT2D eigenvalue weighted by molar-refractivity contribution is 0.0714. The van der Waals surface area contributed by atoms with E-state index in [0.29, 0.717) is 24.9 Å². The standard InChI is InChI=1S/C19H17F2N5O2/c20-16(21)11-26-17(24-13-5-2-1-4-12(13)18(26)27)15-6-3-9-25(15)19(28)14-10-22-7-8-23-14/h1-2,4-5,7-8,10,15-16H,3,6,9,11H2. The third-order valence-electron chi connectivity index (χ3n) is 4.81.